The van der Waals surface area contributed by atoms with Crippen LogP contribution in [0.5, 0.6) is 0 Å². The average molecular weight is 410 g/mol. The molecule has 2 amide bonds. The summed E-state index contributed by atoms with van der Waals surface area (Å²) in [5.41, 5.74) is 4.98. The maximum absolute atomic E-state index is 12.3. The lowest BCUT2D eigenvalue weighted by Gasteiger charge is -2.16. The number of nitrogens with one attached hydrogen (secondary N) is 3. The molecule has 3 N–H and O–H groups in total. The molecule has 1 aromatic heterocycles. The Morgan fingerprint density at radius 2 is 2.10 bits per heavy atom. The Balaban J connectivity index is 1.74. The quantitative estimate of drug-likeness (QED) is 0.491. The van der Waals surface area contributed by atoms with Crippen LogP contribution in [-0.4, -0.2) is 47.9 Å². The minimum atomic E-state index is -0.864. The molecule has 156 valence electrons. The molecule has 0 bridgehead atoms. The zero-order chi connectivity index (χ0) is 21.3. The molecule has 1 atom stereocenters. The standard InChI is InChI=1S/C21H22N4O5/c1-11(26)22-18(21(28)29-2)9-14-13-5-3-4-6-16(13)23-17(14)10-15-19(27)24-25-20(15)30-12-7-8-12/h3-6,10,12,18,23H,7-9H2,1-2H3,(H,22,26)(H,24,27)/b15-10+. The third-order valence-corrected chi connectivity index (χ3v) is 4.94. The first kappa shape index (κ1) is 19.7. The number of amides is 2. The van der Waals surface area contributed by atoms with Gasteiger partial charge >= 0.3 is 5.97 Å². The summed E-state index contributed by atoms with van der Waals surface area (Å²) in [5, 5.41) is 7.49. The number of carbonyl (C=O) groups excluding carboxylic acids is 3. The lowest BCUT2D eigenvalue weighted by Crippen LogP contribution is -2.42. The van der Waals surface area contributed by atoms with Crippen LogP contribution in [0.25, 0.3) is 17.0 Å². The highest BCUT2D eigenvalue weighted by Crippen LogP contribution is 2.29. The van der Waals surface area contributed by atoms with Crippen molar-refractivity contribution in [3.8, 4) is 0 Å². The zero-order valence-electron chi connectivity index (χ0n) is 16.7. The van der Waals surface area contributed by atoms with E-state index in [0.717, 1.165) is 29.3 Å². The Labute approximate surface area is 172 Å². The molecular formula is C21H22N4O5. The van der Waals surface area contributed by atoms with E-state index >= 15 is 0 Å². The third kappa shape index (κ3) is 4.05. The number of ether oxygens (including phenoxy) is 2. The Hall–Kier alpha value is -3.62. The molecule has 4 rings (SSSR count). The first-order valence-corrected chi connectivity index (χ1v) is 9.67. The van der Waals surface area contributed by atoms with Gasteiger partial charge < -0.3 is 19.8 Å². The van der Waals surface area contributed by atoms with Crippen molar-refractivity contribution in [3.05, 3.63) is 41.1 Å². The number of benzene rings is 1. The second-order valence-corrected chi connectivity index (χ2v) is 7.28. The Morgan fingerprint density at radius 1 is 1.33 bits per heavy atom. The van der Waals surface area contributed by atoms with Crippen molar-refractivity contribution in [1.82, 2.24) is 15.7 Å². The molecule has 9 nitrogen and oxygen atoms in total. The van der Waals surface area contributed by atoms with Crippen LogP contribution in [0.3, 0.4) is 0 Å². The molecule has 1 unspecified atom stereocenters. The van der Waals surface area contributed by atoms with E-state index < -0.39 is 12.0 Å². The number of methoxy groups -OCH3 is 1. The Kier molecular flexibility index (Phi) is 5.26. The summed E-state index contributed by atoms with van der Waals surface area (Å²) in [7, 11) is 1.27. The Morgan fingerprint density at radius 3 is 2.80 bits per heavy atom. The minimum absolute atomic E-state index is 0.0884. The summed E-state index contributed by atoms with van der Waals surface area (Å²) < 4.78 is 10.6. The molecule has 2 aliphatic rings. The van der Waals surface area contributed by atoms with Crippen molar-refractivity contribution in [2.75, 3.05) is 7.11 Å². The van der Waals surface area contributed by atoms with Crippen LogP contribution in [-0.2, 0) is 30.3 Å². The van der Waals surface area contributed by atoms with Gasteiger partial charge in [-0.1, -0.05) is 18.2 Å². The van der Waals surface area contributed by atoms with E-state index in [1.54, 1.807) is 6.08 Å². The lowest BCUT2D eigenvalue weighted by molar-refractivity contribution is -0.144. The number of para-hydroxylation sites is 1. The van der Waals surface area contributed by atoms with Crippen molar-refractivity contribution in [2.45, 2.75) is 38.3 Å². The lowest BCUT2D eigenvalue weighted by atomic mass is 10.0. The van der Waals surface area contributed by atoms with E-state index in [9.17, 15) is 14.4 Å². The maximum atomic E-state index is 12.3. The molecule has 30 heavy (non-hydrogen) atoms. The van der Waals surface area contributed by atoms with Crippen LogP contribution >= 0.6 is 0 Å². The van der Waals surface area contributed by atoms with Gasteiger partial charge in [-0.15, -0.1) is 5.10 Å². The van der Waals surface area contributed by atoms with Gasteiger partial charge in [-0.05, 0) is 30.5 Å². The van der Waals surface area contributed by atoms with Gasteiger partial charge in [0.15, 0.2) is 0 Å². The van der Waals surface area contributed by atoms with E-state index in [-0.39, 0.29) is 30.2 Å². The number of esters is 1. The van der Waals surface area contributed by atoms with Crippen molar-refractivity contribution in [2.24, 2.45) is 5.10 Å². The van der Waals surface area contributed by atoms with Gasteiger partial charge in [-0.2, -0.15) is 0 Å². The molecule has 1 aliphatic heterocycles. The number of hydrazone groups is 1. The summed E-state index contributed by atoms with van der Waals surface area (Å²) in [6.07, 6.45) is 3.82. The smallest absolute Gasteiger partial charge is 0.328 e. The number of H-pyrrole nitrogens is 1. The molecule has 2 heterocycles. The SMILES string of the molecule is COC(=O)C(Cc1c(/C=C2\C(=O)NN=C2OC2CC2)[nH]c2ccccc12)NC(C)=O. The summed E-state index contributed by atoms with van der Waals surface area (Å²) in [4.78, 5) is 39.4. The first-order chi connectivity index (χ1) is 14.5. The third-order valence-electron chi connectivity index (χ3n) is 4.94. The highest BCUT2D eigenvalue weighted by molar-refractivity contribution is 6.24. The van der Waals surface area contributed by atoms with Crippen LogP contribution in [0, 0.1) is 0 Å². The average Bonchev–Trinajstić information content (AvgIpc) is 3.40. The fourth-order valence-corrected chi connectivity index (χ4v) is 3.37. The van der Waals surface area contributed by atoms with Crippen LogP contribution in [0.1, 0.15) is 31.0 Å². The minimum Gasteiger partial charge on any atom is -0.473 e. The number of nitrogens with zero attached hydrogens (tertiary/aromatic N) is 1. The molecule has 2 aromatic rings. The van der Waals surface area contributed by atoms with Gasteiger partial charge in [0.1, 0.15) is 17.7 Å². The van der Waals surface area contributed by atoms with Crippen LogP contribution < -0.4 is 10.7 Å². The molecule has 1 fully saturated rings. The van der Waals surface area contributed by atoms with Gasteiger partial charge in [0.25, 0.3) is 5.91 Å². The number of rotatable bonds is 6. The number of carbonyl (C=O) groups is 3. The van der Waals surface area contributed by atoms with Crippen molar-refractivity contribution >= 4 is 40.7 Å². The monoisotopic (exact) mass is 410 g/mol. The highest BCUT2D eigenvalue weighted by atomic mass is 16.5. The second kappa shape index (κ2) is 8.02. The van der Waals surface area contributed by atoms with Gasteiger partial charge in [0.05, 0.1) is 7.11 Å². The summed E-state index contributed by atoms with van der Waals surface area (Å²) >= 11 is 0. The van der Waals surface area contributed by atoms with Gasteiger partial charge in [-0.3, -0.25) is 9.59 Å². The zero-order valence-corrected chi connectivity index (χ0v) is 16.7. The van der Waals surface area contributed by atoms with Crippen molar-refractivity contribution in [3.63, 3.8) is 0 Å². The summed E-state index contributed by atoms with van der Waals surface area (Å²) in [6, 6.07) is 6.72. The van der Waals surface area contributed by atoms with E-state index in [1.807, 2.05) is 24.3 Å². The normalized spacial score (nSPS) is 18.1. The number of aromatic amines is 1. The molecule has 1 aliphatic carbocycles. The van der Waals surface area contributed by atoms with E-state index in [4.69, 9.17) is 9.47 Å². The topological polar surface area (TPSA) is 122 Å². The molecule has 0 spiro atoms. The highest BCUT2D eigenvalue weighted by Gasteiger charge is 2.32. The predicted molar refractivity (Wildman–Crippen MR) is 109 cm³/mol. The first-order valence-electron chi connectivity index (χ1n) is 9.67. The number of hydrogen-bond donors (Lipinski definition) is 3. The van der Waals surface area contributed by atoms with Crippen molar-refractivity contribution in [1.29, 1.82) is 0 Å². The molecule has 0 saturated heterocycles. The number of fused-ring (bicyclic) bond motifs is 1. The number of hydrogen-bond acceptors (Lipinski definition) is 6. The molecule has 1 aromatic carbocycles. The maximum Gasteiger partial charge on any atom is 0.328 e. The summed E-state index contributed by atoms with van der Waals surface area (Å²) in [5.74, 6) is -0.986. The van der Waals surface area contributed by atoms with Gasteiger partial charge in [-0.25, -0.2) is 10.2 Å². The van der Waals surface area contributed by atoms with Gasteiger partial charge in [0, 0.05) is 29.9 Å². The van der Waals surface area contributed by atoms with Crippen LogP contribution in [0.2, 0.25) is 0 Å². The van der Waals surface area contributed by atoms with Crippen molar-refractivity contribution < 1.29 is 23.9 Å². The van der Waals surface area contributed by atoms with Crippen LogP contribution in [0.4, 0.5) is 0 Å². The van der Waals surface area contributed by atoms with Gasteiger partial charge in [0.2, 0.25) is 11.8 Å². The van der Waals surface area contributed by atoms with Crippen LogP contribution in [0.15, 0.2) is 34.9 Å². The molecule has 1 saturated carbocycles. The molecule has 0 radical (unpaired) electrons. The fourth-order valence-electron chi connectivity index (χ4n) is 3.37. The Bertz CT molecular complexity index is 1080. The summed E-state index contributed by atoms with van der Waals surface area (Å²) in [6.45, 7) is 1.34. The fraction of sp³-hybridized carbons (Fsp3) is 0.333. The molecule has 9 heteroatoms. The second-order valence-electron chi connectivity index (χ2n) is 7.28. The largest absolute Gasteiger partial charge is 0.473 e. The van der Waals surface area contributed by atoms with E-state index in [0.29, 0.717) is 11.3 Å². The van der Waals surface area contributed by atoms with E-state index in [1.165, 1.54) is 14.0 Å². The predicted octanol–water partition coefficient (Wildman–Crippen LogP) is 1.39. The number of aromatic nitrogens is 1. The molecular weight excluding hydrogens is 388 g/mol. The van der Waals surface area contributed by atoms with E-state index in [2.05, 4.69) is 20.8 Å².